The number of hydrogen-bond acceptors (Lipinski definition) is 3. The zero-order valence-electron chi connectivity index (χ0n) is 19.0. The summed E-state index contributed by atoms with van der Waals surface area (Å²) in [6.45, 7) is 6.86. The molecule has 1 fully saturated rings. The molecule has 1 saturated carbocycles. The van der Waals surface area contributed by atoms with Gasteiger partial charge in [-0.25, -0.2) is 18.3 Å². The minimum atomic E-state index is -4.79. The van der Waals surface area contributed by atoms with Crippen LogP contribution in [0.2, 0.25) is 0 Å². The molecule has 34 heavy (non-hydrogen) atoms. The van der Waals surface area contributed by atoms with E-state index in [4.69, 9.17) is 5.26 Å². The van der Waals surface area contributed by atoms with Crippen molar-refractivity contribution < 1.29 is 21.8 Å². The van der Waals surface area contributed by atoms with Crippen LogP contribution < -0.4 is 4.72 Å². The Morgan fingerprint density at radius 1 is 1.21 bits per heavy atom. The Hall–Kier alpha value is -2.77. The van der Waals surface area contributed by atoms with E-state index in [0.717, 1.165) is 19.0 Å². The maximum Gasteiger partial charge on any atom is 0.417 e. The molecule has 0 aliphatic heterocycles. The molecule has 0 radical (unpaired) electrons. The zero-order chi connectivity index (χ0) is 24.8. The van der Waals surface area contributed by atoms with Crippen molar-refractivity contribution in [2.75, 3.05) is 0 Å². The predicted octanol–water partition coefficient (Wildman–Crippen LogP) is 5.69. The molecule has 1 aromatic carbocycles. The molecule has 3 aromatic rings. The SMILES string of the molecule is CC(C)(C)Cn1cc(CNS(=O)C2CC2)c2cc(F)c(-c3cnc(C#N)cc3C(F)(F)F)cc21. The number of rotatable bonds is 6. The summed E-state index contributed by atoms with van der Waals surface area (Å²) in [5, 5.41) is 9.65. The summed E-state index contributed by atoms with van der Waals surface area (Å²) in [6, 6.07) is 4.85. The first-order valence-electron chi connectivity index (χ1n) is 10.8. The summed E-state index contributed by atoms with van der Waals surface area (Å²) in [4.78, 5) is 3.75. The van der Waals surface area contributed by atoms with E-state index in [0.29, 0.717) is 29.1 Å². The molecule has 1 atom stereocenters. The average molecular weight is 493 g/mol. The first-order chi connectivity index (χ1) is 15.9. The zero-order valence-corrected chi connectivity index (χ0v) is 19.8. The fourth-order valence-corrected chi connectivity index (χ4v) is 4.99. The van der Waals surface area contributed by atoms with Crippen molar-refractivity contribution in [3.63, 3.8) is 0 Å². The van der Waals surface area contributed by atoms with Crippen LogP contribution in [0.5, 0.6) is 0 Å². The molecule has 0 bridgehead atoms. The first-order valence-corrected chi connectivity index (χ1v) is 12.0. The number of nitrogens with zero attached hydrogens (tertiary/aromatic N) is 3. The summed E-state index contributed by atoms with van der Waals surface area (Å²) in [7, 11) is -1.18. The maximum absolute atomic E-state index is 15.3. The molecule has 10 heteroatoms. The number of nitrogens with one attached hydrogen (secondary N) is 1. The van der Waals surface area contributed by atoms with Crippen LogP contribution >= 0.6 is 0 Å². The van der Waals surface area contributed by atoms with Crippen LogP contribution in [-0.2, 0) is 30.3 Å². The van der Waals surface area contributed by atoms with Gasteiger partial charge in [-0.05, 0) is 42.0 Å². The Morgan fingerprint density at radius 2 is 1.91 bits per heavy atom. The second kappa shape index (κ2) is 8.78. The van der Waals surface area contributed by atoms with E-state index in [1.807, 2.05) is 31.5 Å². The highest BCUT2D eigenvalue weighted by molar-refractivity contribution is 7.83. The van der Waals surface area contributed by atoms with Gasteiger partial charge in [0.2, 0.25) is 0 Å². The second-order valence-electron chi connectivity index (χ2n) is 9.73. The Balaban J connectivity index is 1.85. The van der Waals surface area contributed by atoms with Gasteiger partial charge >= 0.3 is 6.18 Å². The maximum atomic E-state index is 15.3. The number of fused-ring (bicyclic) bond motifs is 1. The molecule has 5 nitrogen and oxygen atoms in total. The fourth-order valence-electron chi connectivity index (χ4n) is 3.89. The number of halogens is 4. The van der Waals surface area contributed by atoms with Crippen molar-refractivity contribution in [1.29, 1.82) is 5.26 Å². The summed E-state index contributed by atoms with van der Waals surface area (Å²) in [5.74, 6) is -0.831. The molecule has 180 valence electrons. The third kappa shape index (κ3) is 5.15. The monoisotopic (exact) mass is 492 g/mol. The van der Waals surface area contributed by atoms with Crippen molar-refractivity contribution in [2.24, 2.45) is 5.41 Å². The molecule has 4 rings (SSSR count). The van der Waals surface area contributed by atoms with Crippen LogP contribution in [0.25, 0.3) is 22.0 Å². The molecule has 2 aromatic heterocycles. The van der Waals surface area contributed by atoms with E-state index in [1.54, 1.807) is 6.07 Å². The Bertz CT molecular complexity index is 1310. The third-order valence-electron chi connectivity index (χ3n) is 5.54. The standard InChI is InChI=1S/C24H24F4N4OS/c1-23(2,3)13-32-12-14(10-31-34(33)16-4-5-16)17-7-21(25)18(8-22(17)32)19-11-30-15(9-29)6-20(19)24(26,27)28/h6-8,11-12,16,31H,4-5,10,13H2,1-3H3. The van der Waals surface area contributed by atoms with Crippen molar-refractivity contribution >= 4 is 21.9 Å². The van der Waals surface area contributed by atoms with Gasteiger partial charge in [-0.2, -0.15) is 18.4 Å². The molecule has 0 spiro atoms. The van der Waals surface area contributed by atoms with Gasteiger partial charge in [0.25, 0.3) is 0 Å². The van der Waals surface area contributed by atoms with Crippen molar-refractivity contribution in [3.05, 3.63) is 53.2 Å². The Morgan fingerprint density at radius 3 is 2.50 bits per heavy atom. The molecular formula is C24H24F4N4OS. The summed E-state index contributed by atoms with van der Waals surface area (Å²) in [5.41, 5.74) is -1.06. The van der Waals surface area contributed by atoms with E-state index in [1.165, 1.54) is 12.1 Å². The fraction of sp³-hybridized carbons (Fsp3) is 0.417. The van der Waals surface area contributed by atoms with Crippen molar-refractivity contribution in [3.8, 4) is 17.2 Å². The lowest BCUT2D eigenvalue weighted by atomic mass is 9.96. The molecule has 2 heterocycles. The Labute approximate surface area is 197 Å². The van der Waals surface area contributed by atoms with Crippen LogP contribution in [0, 0.1) is 22.6 Å². The molecule has 1 N–H and O–H groups in total. The van der Waals surface area contributed by atoms with E-state index in [9.17, 15) is 17.4 Å². The number of nitriles is 1. The van der Waals surface area contributed by atoms with Gasteiger partial charge in [-0.1, -0.05) is 20.8 Å². The minimum Gasteiger partial charge on any atom is -0.347 e. The molecule has 0 amide bonds. The van der Waals surface area contributed by atoms with Gasteiger partial charge in [0.1, 0.15) is 17.6 Å². The molecule has 1 unspecified atom stereocenters. The van der Waals surface area contributed by atoms with E-state index >= 15 is 4.39 Å². The van der Waals surface area contributed by atoms with Crippen molar-refractivity contribution in [1.82, 2.24) is 14.3 Å². The smallest absolute Gasteiger partial charge is 0.347 e. The number of hydrogen-bond donors (Lipinski definition) is 1. The number of alkyl halides is 3. The van der Waals surface area contributed by atoms with Crippen LogP contribution in [0.1, 0.15) is 50.4 Å². The van der Waals surface area contributed by atoms with Crippen LogP contribution in [0.4, 0.5) is 17.6 Å². The average Bonchev–Trinajstić information content (AvgIpc) is 3.54. The van der Waals surface area contributed by atoms with Gasteiger partial charge in [0.05, 0.1) is 16.5 Å². The van der Waals surface area contributed by atoms with Gasteiger partial charge < -0.3 is 4.57 Å². The minimum absolute atomic E-state index is 0.135. The predicted molar refractivity (Wildman–Crippen MR) is 122 cm³/mol. The van der Waals surface area contributed by atoms with Crippen LogP contribution in [0.3, 0.4) is 0 Å². The summed E-state index contributed by atoms with van der Waals surface area (Å²) >= 11 is 0. The number of benzene rings is 1. The highest BCUT2D eigenvalue weighted by Gasteiger charge is 2.35. The van der Waals surface area contributed by atoms with Crippen molar-refractivity contribution in [2.45, 2.75) is 58.1 Å². The quantitative estimate of drug-likeness (QED) is 0.449. The number of pyridine rings is 1. The lowest BCUT2D eigenvalue weighted by molar-refractivity contribution is -0.137. The number of aromatic nitrogens is 2. The molecular weight excluding hydrogens is 468 g/mol. The molecule has 1 aliphatic rings. The van der Waals surface area contributed by atoms with E-state index in [2.05, 4.69) is 9.71 Å². The summed E-state index contributed by atoms with van der Waals surface area (Å²) in [6.07, 6.45) is -0.254. The van der Waals surface area contributed by atoms with E-state index in [-0.39, 0.29) is 22.8 Å². The lowest BCUT2D eigenvalue weighted by Crippen LogP contribution is -2.19. The highest BCUT2D eigenvalue weighted by Crippen LogP contribution is 2.40. The van der Waals surface area contributed by atoms with Crippen LogP contribution in [0.15, 0.2) is 30.6 Å². The van der Waals surface area contributed by atoms with Gasteiger partial charge in [0.15, 0.2) is 0 Å². The third-order valence-corrected chi connectivity index (χ3v) is 7.05. The van der Waals surface area contributed by atoms with Crippen LogP contribution in [-0.4, -0.2) is 19.0 Å². The van der Waals surface area contributed by atoms with Gasteiger partial charge in [-0.15, -0.1) is 0 Å². The lowest BCUT2D eigenvalue weighted by Gasteiger charge is -2.20. The largest absolute Gasteiger partial charge is 0.417 e. The normalized spacial score (nSPS) is 15.5. The Kier molecular flexibility index (Phi) is 6.29. The second-order valence-corrected chi connectivity index (χ2v) is 11.3. The highest BCUT2D eigenvalue weighted by atomic mass is 32.2. The van der Waals surface area contributed by atoms with Gasteiger partial charge in [-0.3, -0.25) is 0 Å². The summed E-state index contributed by atoms with van der Waals surface area (Å²) < 4.78 is 73.6. The first kappa shape index (κ1) is 24.4. The molecule has 0 saturated heterocycles. The molecule has 1 aliphatic carbocycles. The van der Waals surface area contributed by atoms with Gasteiger partial charge in [0, 0.05) is 52.8 Å². The van der Waals surface area contributed by atoms with E-state index < -0.39 is 39.8 Å². The topological polar surface area (TPSA) is 70.7 Å².